The number of nitrogens with two attached hydrogens (primary N) is 1. The van der Waals surface area contributed by atoms with Gasteiger partial charge in [0.2, 0.25) is 0 Å². The van der Waals surface area contributed by atoms with Gasteiger partial charge in [0.1, 0.15) is 11.9 Å². The lowest BCUT2D eigenvalue weighted by Crippen LogP contribution is -2.54. The zero-order valence-corrected chi connectivity index (χ0v) is 36.0. The first-order valence-corrected chi connectivity index (χ1v) is 22.3. The summed E-state index contributed by atoms with van der Waals surface area (Å²) in [7, 11) is -8.01. The third-order valence-electron chi connectivity index (χ3n) is 9.62. The van der Waals surface area contributed by atoms with Crippen LogP contribution < -0.4 is 11.1 Å². The van der Waals surface area contributed by atoms with E-state index in [0.29, 0.717) is 24.4 Å². The number of dihydropyridines is 1. The number of nitro groups is 1. The molecule has 63 heavy (non-hydrogen) atoms. The molecule has 5 aromatic carbocycles. The summed E-state index contributed by atoms with van der Waals surface area (Å²) in [6.45, 7) is 6.05. The Morgan fingerprint density at radius 3 is 1.60 bits per heavy atom. The van der Waals surface area contributed by atoms with E-state index in [0.717, 1.165) is 11.1 Å². The molecule has 0 amide bonds. The third kappa shape index (κ3) is 12.7. The Morgan fingerprint density at radius 2 is 1.19 bits per heavy atom. The highest BCUT2D eigenvalue weighted by Gasteiger charge is 2.42. The lowest BCUT2D eigenvalue weighted by Gasteiger charge is -2.44. The van der Waals surface area contributed by atoms with E-state index in [9.17, 15) is 36.5 Å². The lowest BCUT2D eigenvalue weighted by molar-refractivity contribution is -0.384. The predicted molar refractivity (Wildman–Crippen MR) is 233 cm³/mol. The Morgan fingerprint density at radius 1 is 0.730 bits per heavy atom. The number of hydrogen-bond acceptors (Lipinski definition) is 13. The maximum Gasteiger partial charge on any atom is 0.339 e. The van der Waals surface area contributed by atoms with Crippen molar-refractivity contribution in [1.29, 1.82) is 0 Å². The van der Waals surface area contributed by atoms with E-state index in [1.54, 1.807) is 63.2 Å². The number of nitrogens with one attached hydrogen (secondary N) is 1. The van der Waals surface area contributed by atoms with Crippen molar-refractivity contribution in [2.24, 2.45) is 5.73 Å². The van der Waals surface area contributed by atoms with Gasteiger partial charge in [0.25, 0.3) is 25.9 Å². The molecule has 18 heteroatoms. The van der Waals surface area contributed by atoms with Crippen LogP contribution in [0.15, 0.2) is 178 Å². The second-order valence-corrected chi connectivity index (χ2v) is 17.4. The number of ether oxygens (including phenoxy) is 2. The number of carbonyl (C=O) groups excluding carboxylic acids is 2. The molecule has 1 fully saturated rings. The first-order valence-electron chi connectivity index (χ1n) is 19.4. The van der Waals surface area contributed by atoms with Crippen LogP contribution in [0.5, 0.6) is 0 Å². The molecule has 1 unspecified atom stereocenters. The summed E-state index contributed by atoms with van der Waals surface area (Å²) in [6.07, 6.45) is -0.855. The number of allylic oxidation sites excluding steroid dienone is 1. The van der Waals surface area contributed by atoms with Gasteiger partial charge in [-0.15, -0.1) is 0 Å². The van der Waals surface area contributed by atoms with Crippen LogP contribution in [0.3, 0.4) is 0 Å². The van der Waals surface area contributed by atoms with Gasteiger partial charge in [-0.1, -0.05) is 109 Å². The van der Waals surface area contributed by atoms with Crippen molar-refractivity contribution in [2.75, 3.05) is 13.1 Å². The summed E-state index contributed by atoms with van der Waals surface area (Å²) in [5.74, 6) is -2.37. The monoisotopic (exact) mass is 898 g/mol. The summed E-state index contributed by atoms with van der Waals surface area (Å²) in [6, 6.07) is 40.9. The quantitative estimate of drug-likeness (QED) is 0.0475. The van der Waals surface area contributed by atoms with E-state index < -0.39 is 55.2 Å². The van der Waals surface area contributed by atoms with Crippen LogP contribution in [-0.2, 0) is 39.3 Å². The number of esters is 2. The molecule has 0 radical (unpaired) electrons. The molecule has 0 aromatic heterocycles. The van der Waals surface area contributed by atoms with Crippen molar-refractivity contribution >= 4 is 37.9 Å². The number of likely N-dealkylation sites (tertiary alicyclic amines) is 1. The molecule has 0 spiro atoms. The molecule has 1 atom stereocenters. The van der Waals surface area contributed by atoms with Gasteiger partial charge >= 0.3 is 11.9 Å². The number of nitro benzene ring substituents is 1. The van der Waals surface area contributed by atoms with Crippen molar-refractivity contribution < 1.29 is 49.9 Å². The average molecular weight is 899 g/mol. The molecule has 5 N–H and O–H groups in total. The first kappa shape index (κ1) is 47.4. The smallest absolute Gasteiger partial charge is 0.339 e. The minimum Gasteiger partial charge on any atom is -0.460 e. The molecule has 2 heterocycles. The second-order valence-electron chi connectivity index (χ2n) is 14.5. The molecule has 7 rings (SSSR count). The standard InChI is InChI=1S/C33H34N4O6.2C6H6O3S/c1-20(2)42-32(38)27-21(3)35-31(34)29(28(27)24-15-10-16-25(17-24)37(40)41)33(39)43-26-18-36(19-26)30(22-11-6-4-7-12-22)23-13-8-5-9-14-23;2*7-10(8,9)6-4-2-1-3-5-6/h4-17,20,26,28,30,35H,18-19,34H2,1-3H3;2*1-5H,(H,7,8,9). The summed E-state index contributed by atoms with van der Waals surface area (Å²) in [4.78, 5) is 40.2. The van der Waals surface area contributed by atoms with E-state index >= 15 is 0 Å². The zero-order valence-electron chi connectivity index (χ0n) is 34.3. The van der Waals surface area contributed by atoms with Crippen molar-refractivity contribution in [1.82, 2.24) is 10.2 Å². The Kier molecular flexibility index (Phi) is 15.7. The normalized spacial score (nSPS) is 15.5. The summed E-state index contributed by atoms with van der Waals surface area (Å²) in [5, 5.41) is 14.5. The molecule has 0 bridgehead atoms. The number of nitrogens with zero attached hydrogens (tertiary/aromatic N) is 2. The number of non-ortho nitro benzene ring substituents is 1. The van der Waals surface area contributed by atoms with Gasteiger partial charge in [0.05, 0.1) is 43.9 Å². The summed E-state index contributed by atoms with van der Waals surface area (Å²) >= 11 is 0. The van der Waals surface area contributed by atoms with Crippen LogP contribution in [0.2, 0.25) is 0 Å². The molecule has 16 nitrogen and oxygen atoms in total. The fourth-order valence-electron chi connectivity index (χ4n) is 6.82. The maximum absolute atomic E-state index is 13.8. The number of benzene rings is 5. The molecular formula is C45H46N4O12S2. The largest absolute Gasteiger partial charge is 0.460 e. The van der Waals surface area contributed by atoms with Gasteiger partial charge in [-0.25, -0.2) is 9.59 Å². The van der Waals surface area contributed by atoms with Gasteiger partial charge in [0.15, 0.2) is 0 Å². The van der Waals surface area contributed by atoms with E-state index in [2.05, 4.69) is 34.5 Å². The lowest BCUT2D eigenvalue weighted by atomic mass is 9.81. The van der Waals surface area contributed by atoms with Crippen LogP contribution in [0.4, 0.5) is 5.69 Å². The van der Waals surface area contributed by atoms with Gasteiger partial charge in [-0.3, -0.25) is 24.1 Å². The van der Waals surface area contributed by atoms with Crippen molar-refractivity contribution in [3.63, 3.8) is 0 Å². The molecule has 330 valence electrons. The highest BCUT2D eigenvalue weighted by atomic mass is 32.2. The van der Waals surface area contributed by atoms with E-state index in [1.165, 1.54) is 42.5 Å². The van der Waals surface area contributed by atoms with Crippen molar-refractivity contribution in [3.8, 4) is 0 Å². The van der Waals surface area contributed by atoms with Crippen LogP contribution >= 0.6 is 0 Å². The van der Waals surface area contributed by atoms with Crippen molar-refractivity contribution in [2.45, 2.75) is 54.7 Å². The fraction of sp³-hybridized carbons (Fsp3) is 0.200. The van der Waals surface area contributed by atoms with Gasteiger partial charge in [-0.2, -0.15) is 16.8 Å². The van der Waals surface area contributed by atoms with Crippen LogP contribution in [0.25, 0.3) is 0 Å². The topological polar surface area (TPSA) is 246 Å². The maximum atomic E-state index is 13.8. The van der Waals surface area contributed by atoms with Crippen molar-refractivity contribution in [3.05, 3.63) is 195 Å². The summed E-state index contributed by atoms with van der Waals surface area (Å²) < 4.78 is 69.9. The highest BCUT2D eigenvalue weighted by Crippen LogP contribution is 2.40. The minimum absolute atomic E-state index is 0.00271. The molecule has 2 aliphatic rings. The Hall–Kier alpha value is -6.70. The molecular weight excluding hydrogens is 853 g/mol. The first-order chi connectivity index (χ1) is 29.8. The Labute approximate surface area is 365 Å². The molecule has 2 aliphatic heterocycles. The molecule has 5 aromatic rings. The van der Waals surface area contributed by atoms with E-state index in [4.69, 9.17) is 24.3 Å². The molecule has 1 saturated heterocycles. The SMILES string of the molecule is CC1=C(C(=O)OC(C)C)C(c2cccc([N+](=O)[O-])c2)C(C(=O)OC2CN(C(c3ccccc3)c3ccccc3)C2)=C(N)N1.O=S(=O)(O)c1ccccc1.O=S(=O)(O)c1ccccc1. The number of carbonyl (C=O) groups is 2. The average Bonchev–Trinajstić information content (AvgIpc) is 3.23. The second kappa shape index (κ2) is 20.9. The van der Waals surface area contributed by atoms with Crippen LogP contribution in [0.1, 0.15) is 49.4 Å². The van der Waals surface area contributed by atoms with E-state index in [-0.39, 0.29) is 38.5 Å². The number of hydrogen-bond donors (Lipinski definition) is 4. The predicted octanol–water partition coefficient (Wildman–Crippen LogP) is 6.56. The highest BCUT2D eigenvalue weighted by molar-refractivity contribution is 7.86. The third-order valence-corrected chi connectivity index (χ3v) is 11.4. The fourth-order valence-corrected chi connectivity index (χ4v) is 7.82. The Balaban J connectivity index is 0.000000305. The minimum atomic E-state index is -4.00. The van der Waals surface area contributed by atoms with E-state index in [1.807, 2.05) is 36.4 Å². The van der Waals surface area contributed by atoms with Crippen LogP contribution in [-0.4, -0.2) is 73.0 Å². The Bertz CT molecular complexity index is 2570. The van der Waals surface area contributed by atoms with Gasteiger partial charge < -0.3 is 20.5 Å². The van der Waals surface area contributed by atoms with Gasteiger partial charge in [-0.05, 0) is 61.7 Å². The zero-order chi connectivity index (χ0) is 45.9. The van der Waals surface area contributed by atoms with Gasteiger partial charge in [0, 0.05) is 30.9 Å². The number of rotatable bonds is 11. The summed E-state index contributed by atoms with van der Waals surface area (Å²) in [5.41, 5.74) is 9.31. The van der Waals surface area contributed by atoms with Crippen LogP contribution in [0, 0.1) is 10.1 Å². The molecule has 0 aliphatic carbocycles. The molecule has 0 saturated carbocycles.